The van der Waals surface area contributed by atoms with Crippen LogP contribution < -0.4 is 4.74 Å². The minimum absolute atomic E-state index is 0.0113. The average molecular weight is 428 g/mol. The van der Waals surface area contributed by atoms with Gasteiger partial charge in [0.25, 0.3) is 0 Å². The molecule has 0 heterocycles. The Morgan fingerprint density at radius 3 is 2.62 bits per heavy atom. The highest BCUT2D eigenvalue weighted by Crippen LogP contribution is 2.63. The van der Waals surface area contributed by atoms with Crippen LogP contribution in [0, 0.1) is 0 Å². The highest BCUT2D eigenvalue weighted by atomic mass is 16.5. The molecule has 1 saturated carbocycles. The Hall–Kier alpha value is -2.04. The van der Waals surface area contributed by atoms with Crippen LogP contribution in [-0.4, -0.2) is 34.8 Å². The molecule has 0 amide bonds. The summed E-state index contributed by atoms with van der Waals surface area (Å²) in [4.78, 5) is 0. The quantitative estimate of drug-likeness (QED) is 0.321. The lowest BCUT2D eigenvalue weighted by Gasteiger charge is -2.50. The van der Waals surface area contributed by atoms with Gasteiger partial charge in [0.15, 0.2) is 0 Å². The van der Waals surface area contributed by atoms with Gasteiger partial charge in [0, 0.05) is 19.1 Å². The number of hydrogen-bond donors (Lipinski definition) is 0. The third-order valence-corrected chi connectivity index (χ3v) is 8.15. The molecule has 0 bridgehead atoms. The monoisotopic (exact) mass is 428 g/mol. The predicted molar refractivity (Wildman–Crippen MR) is 128 cm³/mol. The molecule has 2 radical (unpaired) electrons. The van der Waals surface area contributed by atoms with E-state index in [0.717, 1.165) is 57.3 Å². The number of benzene rings is 2. The summed E-state index contributed by atoms with van der Waals surface area (Å²) in [6.07, 6.45) is 7.35. The average Bonchev–Trinajstić information content (AvgIpc) is 3.19. The summed E-state index contributed by atoms with van der Waals surface area (Å²) >= 11 is 0. The molecule has 2 aromatic rings. The van der Waals surface area contributed by atoms with Crippen LogP contribution in [0.1, 0.15) is 55.2 Å². The standard InChI is InChI=1S/C28H33BO3/c1-30-22-9-11-24-21(16-22)8-10-25-26-17-23(31-2)18-28(26,29)13-12-27(24,25)14-15-32-19-20-6-4-3-5-7-20/h3-7,9,11,16,23H,8,10,12-15,17-19H2,1-2H3/t23?,27?,28-/m1/s1. The van der Waals surface area contributed by atoms with Gasteiger partial charge in [-0.3, -0.25) is 0 Å². The number of aryl methyl sites for hydroxylation is 1. The molecule has 32 heavy (non-hydrogen) atoms. The zero-order chi connectivity index (χ0) is 22.2. The van der Waals surface area contributed by atoms with Crippen LogP contribution in [0.2, 0.25) is 5.31 Å². The van der Waals surface area contributed by atoms with E-state index >= 15 is 0 Å². The van der Waals surface area contributed by atoms with Crippen molar-refractivity contribution >= 4 is 7.85 Å². The zero-order valence-corrected chi connectivity index (χ0v) is 19.4. The summed E-state index contributed by atoms with van der Waals surface area (Å²) in [6.45, 7) is 1.40. The van der Waals surface area contributed by atoms with Crippen molar-refractivity contribution in [2.24, 2.45) is 0 Å². The van der Waals surface area contributed by atoms with E-state index < -0.39 is 0 Å². The van der Waals surface area contributed by atoms with Gasteiger partial charge in [-0.2, -0.15) is 0 Å². The van der Waals surface area contributed by atoms with Crippen LogP contribution in [0.3, 0.4) is 0 Å². The van der Waals surface area contributed by atoms with Gasteiger partial charge in [-0.1, -0.05) is 54.0 Å². The second-order valence-corrected chi connectivity index (χ2v) is 9.77. The summed E-state index contributed by atoms with van der Waals surface area (Å²) in [7, 11) is 10.6. The molecule has 4 heteroatoms. The number of ether oxygens (including phenoxy) is 3. The van der Waals surface area contributed by atoms with Gasteiger partial charge in [-0.15, -0.1) is 0 Å². The fraction of sp³-hybridized carbons (Fsp3) is 0.500. The van der Waals surface area contributed by atoms with Crippen molar-refractivity contribution in [3.8, 4) is 5.75 Å². The van der Waals surface area contributed by atoms with Crippen LogP contribution in [0.4, 0.5) is 0 Å². The second kappa shape index (κ2) is 8.72. The molecule has 3 nitrogen and oxygen atoms in total. The van der Waals surface area contributed by atoms with Crippen molar-refractivity contribution in [1.29, 1.82) is 0 Å². The molecule has 3 atom stereocenters. The molecule has 5 rings (SSSR count). The van der Waals surface area contributed by atoms with Crippen molar-refractivity contribution in [3.63, 3.8) is 0 Å². The molecule has 2 unspecified atom stereocenters. The topological polar surface area (TPSA) is 27.7 Å². The Labute approximate surface area is 193 Å². The molecular weight excluding hydrogens is 395 g/mol. The first-order chi connectivity index (χ1) is 15.6. The van der Waals surface area contributed by atoms with Gasteiger partial charge < -0.3 is 14.2 Å². The summed E-state index contributed by atoms with van der Waals surface area (Å²) in [5, 5.41) is -0.200. The summed E-state index contributed by atoms with van der Waals surface area (Å²) in [5.74, 6) is 0.944. The maximum absolute atomic E-state index is 7.00. The summed E-state index contributed by atoms with van der Waals surface area (Å²) in [5.41, 5.74) is 7.16. The van der Waals surface area contributed by atoms with Gasteiger partial charge in [0.1, 0.15) is 5.75 Å². The molecule has 0 N–H and O–H groups in total. The zero-order valence-electron chi connectivity index (χ0n) is 19.4. The molecule has 3 aliphatic carbocycles. The van der Waals surface area contributed by atoms with Crippen LogP contribution in [-0.2, 0) is 27.9 Å². The Kier molecular flexibility index (Phi) is 5.94. The van der Waals surface area contributed by atoms with Crippen molar-refractivity contribution in [2.45, 2.75) is 68.4 Å². The third-order valence-electron chi connectivity index (χ3n) is 8.15. The summed E-state index contributed by atoms with van der Waals surface area (Å²) < 4.78 is 17.5. The molecule has 0 aliphatic heterocycles. The largest absolute Gasteiger partial charge is 0.497 e. The molecule has 0 aromatic heterocycles. The lowest BCUT2D eigenvalue weighted by atomic mass is 9.49. The predicted octanol–water partition coefficient (Wildman–Crippen LogP) is 5.71. The number of rotatable bonds is 7. The number of hydrogen-bond acceptors (Lipinski definition) is 3. The number of methoxy groups -OCH3 is 2. The van der Waals surface area contributed by atoms with Crippen molar-refractivity contribution in [1.82, 2.24) is 0 Å². The first-order valence-corrected chi connectivity index (χ1v) is 11.9. The number of fused-ring (bicyclic) bond motifs is 4. The Morgan fingerprint density at radius 2 is 1.84 bits per heavy atom. The van der Waals surface area contributed by atoms with Crippen molar-refractivity contribution < 1.29 is 14.2 Å². The van der Waals surface area contributed by atoms with Gasteiger partial charge in [0.05, 0.1) is 27.7 Å². The fourth-order valence-electron chi connectivity index (χ4n) is 6.49. The molecule has 2 aromatic carbocycles. The molecule has 0 spiro atoms. The van der Waals surface area contributed by atoms with Gasteiger partial charge in [-0.25, -0.2) is 0 Å². The lowest BCUT2D eigenvalue weighted by Crippen LogP contribution is -2.40. The van der Waals surface area contributed by atoms with Gasteiger partial charge in [0.2, 0.25) is 0 Å². The lowest BCUT2D eigenvalue weighted by molar-refractivity contribution is 0.0990. The maximum Gasteiger partial charge on any atom is 0.119 e. The minimum Gasteiger partial charge on any atom is -0.497 e. The highest BCUT2D eigenvalue weighted by Gasteiger charge is 2.51. The van der Waals surface area contributed by atoms with Crippen LogP contribution in [0.25, 0.3) is 0 Å². The summed E-state index contributed by atoms with van der Waals surface area (Å²) in [6, 6.07) is 17.1. The maximum atomic E-state index is 7.00. The minimum atomic E-state index is -0.200. The van der Waals surface area contributed by atoms with E-state index in [9.17, 15) is 0 Å². The Morgan fingerprint density at radius 1 is 1.00 bits per heavy atom. The van der Waals surface area contributed by atoms with Crippen LogP contribution >= 0.6 is 0 Å². The first kappa shape index (κ1) is 21.8. The molecule has 1 fully saturated rings. The van der Waals surface area contributed by atoms with Gasteiger partial charge >= 0.3 is 0 Å². The Balaban J connectivity index is 1.48. The van der Waals surface area contributed by atoms with Crippen LogP contribution in [0.15, 0.2) is 59.7 Å². The van der Waals surface area contributed by atoms with Crippen molar-refractivity contribution in [2.75, 3.05) is 20.8 Å². The van der Waals surface area contributed by atoms with Crippen LogP contribution in [0.5, 0.6) is 5.75 Å². The first-order valence-electron chi connectivity index (χ1n) is 11.9. The van der Waals surface area contributed by atoms with E-state index in [2.05, 4.69) is 42.5 Å². The second-order valence-electron chi connectivity index (χ2n) is 9.77. The molecular formula is C28H33BO3. The van der Waals surface area contributed by atoms with E-state index in [1.807, 2.05) is 13.2 Å². The highest BCUT2D eigenvalue weighted by molar-refractivity contribution is 6.18. The molecule has 0 saturated heterocycles. The normalized spacial score (nSPS) is 28.8. The van der Waals surface area contributed by atoms with Crippen molar-refractivity contribution in [3.05, 3.63) is 76.4 Å². The number of allylic oxidation sites excluding steroid dienone is 1. The van der Waals surface area contributed by atoms with E-state index in [4.69, 9.17) is 22.1 Å². The van der Waals surface area contributed by atoms with E-state index in [1.165, 1.54) is 22.3 Å². The molecule has 3 aliphatic rings. The van der Waals surface area contributed by atoms with Gasteiger partial charge in [-0.05, 0) is 72.7 Å². The van der Waals surface area contributed by atoms with E-state index in [0.29, 0.717) is 6.61 Å². The fourth-order valence-corrected chi connectivity index (χ4v) is 6.49. The SMILES string of the molecule is [B][C@@]12CCC3(CCOCc4ccccc4)C(=C1CC(OC)C2)CCc1cc(OC)ccc13. The van der Waals surface area contributed by atoms with E-state index in [1.54, 1.807) is 12.7 Å². The third kappa shape index (κ3) is 3.72. The smallest absolute Gasteiger partial charge is 0.119 e. The Bertz CT molecular complexity index is 1000. The van der Waals surface area contributed by atoms with E-state index in [-0.39, 0.29) is 16.8 Å². The molecule has 166 valence electrons.